The molecular weight excluding hydrogens is 320 g/mol. The maximum absolute atomic E-state index is 11.1. The highest BCUT2D eigenvalue weighted by Crippen LogP contribution is 2.37. The summed E-state index contributed by atoms with van der Waals surface area (Å²) in [7, 11) is 0. The third kappa shape index (κ3) is 3.06. The van der Waals surface area contributed by atoms with Crippen LogP contribution < -0.4 is 14.9 Å². The van der Waals surface area contributed by atoms with Gasteiger partial charge in [0, 0.05) is 12.1 Å². The molecule has 0 radical (unpaired) electrons. The lowest BCUT2D eigenvalue weighted by molar-refractivity contribution is -0.385. The second-order valence-corrected chi connectivity index (χ2v) is 4.70. The summed E-state index contributed by atoms with van der Waals surface area (Å²) >= 11 is 0. The van der Waals surface area contributed by atoms with Crippen molar-refractivity contribution in [2.24, 2.45) is 5.10 Å². The zero-order chi connectivity index (χ0) is 17.1. The predicted molar refractivity (Wildman–Crippen MR) is 83.5 cm³/mol. The number of nitrogens with zero attached hydrogens (tertiary/aromatic N) is 3. The molecule has 10 heteroatoms. The normalized spacial score (nSPS) is 12.3. The number of hydrogen-bond acceptors (Lipinski definition) is 8. The van der Waals surface area contributed by atoms with Crippen molar-refractivity contribution in [3.8, 4) is 11.5 Å². The summed E-state index contributed by atoms with van der Waals surface area (Å²) < 4.78 is 10.3. The van der Waals surface area contributed by atoms with Gasteiger partial charge in [0.25, 0.3) is 11.4 Å². The van der Waals surface area contributed by atoms with Crippen LogP contribution >= 0.6 is 0 Å². The van der Waals surface area contributed by atoms with Crippen molar-refractivity contribution in [2.75, 3.05) is 12.2 Å². The van der Waals surface area contributed by atoms with Crippen molar-refractivity contribution in [3.63, 3.8) is 0 Å². The van der Waals surface area contributed by atoms with Gasteiger partial charge in [-0.15, -0.1) is 0 Å². The molecule has 24 heavy (non-hydrogen) atoms. The van der Waals surface area contributed by atoms with Crippen LogP contribution in [-0.2, 0) is 0 Å². The minimum Gasteiger partial charge on any atom is -0.454 e. The van der Waals surface area contributed by atoms with E-state index in [-0.39, 0.29) is 23.7 Å². The lowest BCUT2D eigenvalue weighted by Crippen LogP contribution is -1.97. The number of anilines is 1. The van der Waals surface area contributed by atoms with Gasteiger partial charge in [-0.25, -0.2) is 0 Å². The van der Waals surface area contributed by atoms with Crippen LogP contribution in [0.2, 0.25) is 0 Å². The number of nitro groups is 2. The molecule has 0 saturated carbocycles. The van der Waals surface area contributed by atoms with E-state index in [1.165, 1.54) is 36.5 Å². The number of ether oxygens (including phenoxy) is 2. The first-order chi connectivity index (χ1) is 11.5. The van der Waals surface area contributed by atoms with E-state index in [2.05, 4.69) is 10.5 Å². The fourth-order valence-corrected chi connectivity index (χ4v) is 2.07. The average Bonchev–Trinajstić information content (AvgIpc) is 3.01. The number of nitro benzene ring substituents is 2. The Morgan fingerprint density at radius 3 is 2.54 bits per heavy atom. The van der Waals surface area contributed by atoms with E-state index in [1.807, 2.05) is 0 Å². The van der Waals surface area contributed by atoms with Gasteiger partial charge in [-0.3, -0.25) is 25.7 Å². The first kappa shape index (κ1) is 15.2. The first-order valence-corrected chi connectivity index (χ1v) is 6.66. The summed E-state index contributed by atoms with van der Waals surface area (Å²) in [5, 5.41) is 25.7. The van der Waals surface area contributed by atoms with Gasteiger partial charge in [-0.1, -0.05) is 6.07 Å². The molecule has 0 amide bonds. The minimum atomic E-state index is -0.559. The van der Waals surface area contributed by atoms with Gasteiger partial charge in [-0.05, 0) is 12.1 Å². The van der Waals surface area contributed by atoms with Gasteiger partial charge < -0.3 is 9.47 Å². The Balaban J connectivity index is 1.83. The Kier molecular flexibility index (Phi) is 3.93. The molecule has 0 saturated heterocycles. The predicted octanol–water partition coefficient (Wildman–Crippen LogP) is 2.68. The molecule has 0 bridgehead atoms. The summed E-state index contributed by atoms with van der Waals surface area (Å²) in [6, 6.07) is 8.43. The van der Waals surface area contributed by atoms with Crippen molar-refractivity contribution in [3.05, 3.63) is 62.2 Å². The number of fused-ring (bicyclic) bond motifs is 1. The van der Waals surface area contributed by atoms with E-state index in [9.17, 15) is 20.2 Å². The highest BCUT2D eigenvalue weighted by Gasteiger charge is 2.22. The molecule has 1 aliphatic rings. The molecule has 2 aromatic carbocycles. The third-order valence-corrected chi connectivity index (χ3v) is 3.17. The molecule has 122 valence electrons. The van der Waals surface area contributed by atoms with Gasteiger partial charge in [0.05, 0.1) is 33.4 Å². The summed E-state index contributed by atoms with van der Waals surface area (Å²) in [4.78, 5) is 20.8. The lowest BCUT2D eigenvalue weighted by Gasteiger charge is -2.02. The van der Waals surface area contributed by atoms with Gasteiger partial charge in [0.2, 0.25) is 6.79 Å². The Morgan fingerprint density at radius 1 is 1.08 bits per heavy atom. The highest BCUT2D eigenvalue weighted by atomic mass is 16.7. The zero-order valence-corrected chi connectivity index (χ0v) is 12.0. The van der Waals surface area contributed by atoms with Gasteiger partial charge >= 0.3 is 0 Å². The topological polar surface area (TPSA) is 129 Å². The van der Waals surface area contributed by atoms with E-state index in [0.717, 1.165) is 0 Å². The molecule has 0 aliphatic carbocycles. The second kappa shape index (κ2) is 6.20. The number of benzene rings is 2. The number of rotatable bonds is 5. The SMILES string of the molecule is O=[N+]([O-])c1cccc(N/N=C/c2cc3c(cc2[N+](=O)[O-])OCO3)c1. The molecule has 1 heterocycles. The summed E-state index contributed by atoms with van der Waals surface area (Å²) in [5.74, 6) is 0.683. The third-order valence-electron chi connectivity index (χ3n) is 3.17. The number of non-ortho nitro benzene ring substituents is 1. The Bertz CT molecular complexity index is 851. The summed E-state index contributed by atoms with van der Waals surface area (Å²) in [6.07, 6.45) is 1.24. The van der Waals surface area contributed by atoms with E-state index in [1.54, 1.807) is 6.07 Å². The zero-order valence-electron chi connectivity index (χ0n) is 12.0. The Labute approximate surface area is 134 Å². The molecular formula is C14H10N4O6. The highest BCUT2D eigenvalue weighted by molar-refractivity contribution is 5.87. The Hall–Kier alpha value is -3.69. The van der Waals surface area contributed by atoms with Gasteiger partial charge in [-0.2, -0.15) is 5.10 Å². The van der Waals surface area contributed by atoms with Gasteiger partial charge in [0.15, 0.2) is 11.5 Å². The maximum atomic E-state index is 11.1. The Morgan fingerprint density at radius 2 is 1.83 bits per heavy atom. The average molecular weight is 330 g/mol. The van der Waals surface area contributed by atoms with E-state index in [0.29, 0.717) is 17.2 Å². The number of hydrazone groups is 1. The van der Waals surface area contributed by atoms with Crippen molar-refractivity contribution in [2.45, 2.75) is 0 Å². The lowest BCUT2D eigenvalue weighted by atomic mass is 10.1. The molecule has 0 aromatic heterocycles. The number of nitrogens with one attached hydrogen (secondary N) is 1. The van der Waals surface area contributed by atoms with Crippen LogP contribution in [0.3, 0.4) is 0 Å². The molecule has 2 aromatic rings. The fourth-order valence-electron chi connectivity index (χ4n) is 2.07. The van der Waals surface area contributed by atoms with Crippen LogP contribution in [0.25, 0.3) is 0 Å². The fraction of sp³-hybridized carbons (Fsp3) is 0.0714. The van der Waals surface area contributed by atoms with E-state index >= 15 is 0 Å². The van der Waals surface area contributed by atoms with E-state index in [4.69, 9.17) is 9.47 Å². The summed E-state index contributed by atoms with van der Waals surface area (Å²) in [6.45, 7) is -0.000976. The van der Waals surface area contributed by atoms with Crippen molar-refractivity contribution >= 4 is 23.3 Å². The number of hydrogen-bond donors (Lipinski definition) is 1. The van der Waals surface area contributed by atoms with Crippen LogP contribution in [0.4, 0.5) is 17.1 Å². The smallest absolute Gasteiger partial charge is 0.282 e. The molecule has 1 aliphatic heterocycles. The summed E-state index contributed by atoms with van der Waals surface area (Å²) in [5.41, 5.74) is 2.90. The molecule has 0 fully saturated rings. The van der Waals surface area contributed by atoms with E-state index < -0.39 is 9.85 Å². The molecule has 0 unspecified atom stereocenters. The van der Waals surface area contributed by atoms with Crippen LogP contribution in [0, 0.1) is 20.2 Å². The van der Waals surface area contributed by atoms with Crippen molar-refractivity contribution in [1.82, 2.24) is 0 Å². The van der Waals surface area contributed by atoms with Crippen LogP contribution in [0.1, 0.15) is 5.56 Å². The van der Waals surface area contributed by atoms with Crippen LogP contribution in [0.5, 0.6) is 11.5 Å². The van der Waals surface area contributed by atoms with Crippen molar-refractivity contribution in [1.29, 1.82) is 0 Å². The molecule has 3 rings (SSSR count). The molecule has 10 nitrogen and oxygen atoms in total. The molecule has 0 spiro atoms. The largest absolute Gasteiger partial charge is 0.454 e. The van der Waals surface area contributed by atoms with Gasteiger partial charge in [0.1, 0.15) is 0 Å². The molecule has 0 atom stereocenters. The molecule has 1 N–H and O–H groups in total. The second-order valence-electron chi connectivity index (χ2n) is 4.70. The van der Waals surface area contributed by atoms with Crippen molar-refractivity contribution < 1.29 is 19.3 Å². The quantitative estimate of drug-likeness (QED) is 0.506. The van der Waals surface area contributed by atoms with Crippen LogP contribution in [-0.4, -0.2) is 22.9 Å². The maximum Gasteiger partial charge on any atom is 0.282 e. The van der Waals surface area contributed by atoms with Crippen LogP contribution in [0.15, 0.2) is 41.5 Å². The minimum absolute atomic E-state index is 0.000976. The first-order valence-electron chi connectivity index (χ1n) is 6.66. The monoisotopic (exact) mass is 330 g/mol. The standard InChI is InChI=1S/C14H10N4O6/c19-17(20)11-3-1-2-10(5-11)16-15-7-9-4-13-14(24-8-23-13)6-12(9)18(21)22/h1-7,16H,8H2/b15-7+.